The number of hydrogen-bond acceptors (Lipinski definition) is 2. The second kappa shape index (κ2) is 6.31. The smallest absolute Gasteiger partial charge is 0.0233 e. The van der Waals surface area contributed by atoms with Crippen LogP contribution < -0.4 is 0 Å². The first-order chi connectivity index (χ1) is 7.68. The first-order valence-electron chi connectivity index (χ1n) is 5.92. The zero-order chi connectivity index (χ0) is 12.1. The molecule has 0 aliphatic carbocycles. The Kier molecular flexibility index (Phi) is 5.36. The number of fused-ring (bicyclic) bond motifs is 1. The van der Waals surface area contributed by atoms with E-state index in [-0.39, 0.29) is 0 Å². The Morgan fingerprint density at radius 2 is 1.94 bits per heavy atom. The summed E-state index contributed by atoms with van der Waals surface area (Å²) in [5.74, 6) is 0.661. The summed E-state index contributed by atoms with van der Waals surface area (Å²) in [5.41, 5.74) is 4.70. The Balaban J connectivity index is 0.000000606. The van der Waals surface area contributed by atoms with E-state index in [4.69, 9.17) is 0 Å². The Labute approximate surface area is 105 Å². The number of nitrogens with zero attached hydrogens (tertiary/aromatic N) is 1. The van der Waals surface area contributed by atoms with Crippen molar-refractivity contribution in [3.05, 3.63) is 34.9 Å². The third kappa shape index (κ3) is 3.02. The Bertz CT molecular complexity index is 334. The van der Waals surface area contributed by atoms with E-state index in [1.165, 1.54) is 18.5 Å². The van der Waals surface area contributed by atoms with Crippen molar-refractivity contribution < 1.29 is 0 Å². The molecule has 0 bridgehead atoms. The van der Waals surface area contributed by atoms with Gasteiger partial charge in [-0.15, -0.1) is 0 Å². The minimum atomic E-state index is 0.661. The molecule has 0 amide bonds. The summed E-state index contributed by atoms with van der Waals surface area (Å²) in [4.78, 5) is 2.40. The maximum atomic E-state index is 3.53. The lowest BCUT2D eigenvalue weighted by atomic mass is 9.89. The molecule has 1 nitrogen and oxygen atoms in total. The van der Waals surface area contributed by atoms with Crippen molar-refractivity contribution in [3.8, 4) is 0 Å². The third-order valence-electron chi connectivity index (χ3n) is 3.12. The molecule has 16 heavy (non-hydrogen) atoms. The highest BCUT2D eigenvalue weighted by Crippen LogP contribution is 2.26. The third-order valence-corrected chi connectivity index (χ3v) is 3.12. The zero-order valence-corrected chi connectivity index (χ0v) is 11.7. The number of rotatable bonds is 1. The highest BCUT2D eigenvalue weighted by Gasteiger charge is 2.16. The van der Waals surface area contributed by atoms with Crippen molar-refractivity contribution in [1.82, 2.24) is 4.90 Å². The molecule has 90 valence electrons. The van der Waals surface area contributed by atoms with Crippen molar-refractivity contribution >= 4 is 12.6 Å². The van der Waals surface area contributed by atoms with Gasteiger partial charge in [-0.3, -0.25) is 0 Å². The number of benzene rings is 1. The normalized spacial score (nSPS) is 15.4. The summed E-state index contributed by atoms with van der Waals surface area (Å²) >= 11 is 3.53. The van der Waals surface area contributed by atoms with Gasteiger partial charge in [0.2, 0.25) is 0 Å². The van der Waals surface area contributed by atoms with Crippen LogP contribution in [0.25, 0.3) is 0 Å². The van der Waals surface area contributed by atoms with Crippen molar-refractivity contribution in [1.29, 1.82) is 0 Å². The molecule has 0 saturated carbocycles. The summed E-state index contributed by atoms with van der Waals surface area (Å²) in [5, 5.41) is 0. The molecule has 0 spiro atoms. The molecular formula is C14H23NS. The number of hydrogen-bond donors (Lipinski definition) is 1. The fraction of sp³-hybridized carbons (Fsp3) is 0.571. The molecule has 0 saturated heterocycles. The van der Waals surface area contributed by atoms with Gasteiger partial charge in [-0.25, -0.2) is 0 Å². The van der Waals surface area contributed by atoms with E-state index in [1.54, 1.807) is 17.4 Å². The van der Waals surface area contributed by atoms with Gasteiger partial charge >= 0.3 is 0 Å². The fourth-order valence-electron chi connectivity index (χ4n) is 2.32. The summed E-state index contributed by atoms with van der Waals surface area (Å²) in [7, 11) is 2.20. The second-order valence-electron chi connectivity index (χ2n) is 4.63. The van der Waals surface area contributed by atoms with Crippen molar-refractivity contribution in [2.45, 2.75) is 32.7 Å². The predicted molar refractivity (Wildman–Crippen MR) is 75.5 cm³/mol. The summed E-state index contributed by atoms with van der Waals surface area (Å²) < 4.78 is 0. The van der Waals surface area contributed by atoms with Gasteiger partial charge in [0.1, 0.15) is 0 Å². The van der Waals surface area contributed by atoms with Crippen LogP contribution >= 0.6 is 12.6 Å². The van der Waals surface area contributed by atoms with Crippen molar-refractivity contribution in [2.24, 2.45) is 0 Å². The van der Waals surface area contributed by atoms with Crippen LogP contribution in [0.5, 0.6) is 0 Å². The molecule has 1 heterocycles. The number of thiol groups is 1. The minimum Gasteiger partial charge on any atom is -0.302 e. The maximum Gasteiger partial charge on any atom is 0.0233 e. The molecule has 0 aromatic heterocycles. The van der Waals surface area contributed by atoms with Gasteiger partial charge in [0, 0.05) is 13.1 Å². The number of likely N-dealkylation sites (N-methyl/N-ethyl adjacent to an activating group) is 1. The first kappa shape index (κ1) is 13.6. The van der Waals surface area contributed by atoms with Crippen LogP contribution in [0, 0.1) is 0 Å². The average Bonchev–Trinajstić information content (AvgIpc) is 2.30. The van der Waals surface area contributed by atoms with Crippen molar-refractivity contribution in [3.63, 3.8) is 0 Å². The van der Waals surface area contributed by atoms with Gasteiger partial charge < -0.3 is 4.90 Å². The molecule has 0 fully saturated rings. The van der Waals surface area contributed by atoms with E-state index < -0.39 is 0 Å². The monoisotopic (exact) mass is 237 g/mol. The topological polar surface area (TPSA) is 3.24 Å². The van der Waals surface area contributed by atoms with Crippen LogP contribution in [0.4, 0.5) is 0 Å². The van der Waals surface area contributed by atoms with Crippen molar-refractivity contribution in [2.75, 3.05) is 19.8 Å². The lowest BCUT2D eigenvalue weighted by molar-refractivity contribution is 0.312. The molecule has 1 aliphatic heterocycles. The van der Waals surface area contributed by atoms with Crippen LogP contribution in [0.15, 0.2) is 18.2 Å². The highest BCUT2D eigenvalue weighted by atomic mass is 32.1. The van der Waals surface area contributed by atoms with E-state index >= 15 is 0 Å². The standard InChI is InChI=1S/C13H19N.CH4S/c1-10(2)12-6-4-5-11-9-14(3)8-7-13(11)12;1-2/h4-6,10H,7-9H2,1-3H3;2H,1H3. The summed E-state index contributed by atoms with van der Waals surface area (Å²) in [6.45, 7) is 6.90. The van der Waals surface area contributed by atoms with Crippen LogP contribution in [0.3, 0.4) is 0 Å². The molecule has 1 aromatic carbocycles. The molecule has 2 rings (SSSR count). The minimum absolute atomic E-state index is 0.661. The van der Waals surface area contributed by atoms with Crippen LogP contribution in [-0.4, -0.2) is 24.7 Å². The predicted octanol–water partition coefficient (Wildman–Crippen LogP) is 3.34. The van der Waals surface area contributed by atoms with E-state index in [2.05, 4.69) is 56.6 Å². The molecule has 0 unspecified atom stereocenters. The quantitative estimate of drug-likeness (QED) is 0.733. The Morgan fingerprint density at radius 1 is 1.25 bits per heavy atom. The molecule has 0 radical (unpaired) electrons. The molecule has 0 N–H and O–H groups in total. The van der Waals surface area contributed by atoms with E-state index in [9.17, 15) is 0 Å². The summed E-state index contributed by atoms with van der Waals surface area (Å²) in [6.07, 6.45) is 2.92. The highest BCUT2D eigenvalue weighted by molar-refractivity contribution is 7.79. The van der Waals surface area contributed by atoms with E-state index in [0.717, 1.165) is 6.54 Å². The van der Waals surface area contributed by atoms with Crippen LogP contribution in [0.1, 0.15) is 36.5 Å². The van der Waals surface area contributed by atoms with Gasteiger partial charge in [0.05, 0.1) is 0 Å². The average molecular weight is 237 g/mol. The largest absolute Gasteiger partial charge is 0.302 e. The first-order valence-corrected chi connectivity index (χ1v) is 6.82. The summed E-state index contributed by atoms with van der Waals surface area (Å²) in [6, 6.07) is 6.76. The van der Waals surface area contributed by atoms with Gasteiger partial charge in [0.15, 0.2) is 0 Å². The molecular weight excluding hydrogens is 214 g/mol. The molecule has 2 heteroatoms. The Morgan fingerprint density at radius 3 is 2.56 bits per heavy atom. The second-order valence-corrected chi connectivity index (χ2v) is 4.63. The van der Waals surface area contributed by atoms with E-state index in [1.807, 2.05) is 0 Å². The van der Waals surface area contributed by atoms with Gasteiger partial charge in [0.25, 0.3) is 0 Å². The lowest BCUT2D eigenvalue weighted by Crippen LogP contribution is -2.27. The molecule has 0 atom stereocenters. The molecule has 1 aromatic rings. The van der Waals surface area contributed by atoms with Gasteiger partial charge in [-0.1, -0.05) is 32.0 Å². The van der Waals surface area contributed by atoms with E-state index in [0.29, 0.717) is 5.92 Å². The zero-order valence-electron chi connectivity index (χ0n) is 10.8. The maximum absolute atomic E-state index is 3.53. The van der Waals surface area contributed by atoms with Gasteiger partial charge in [-0.05, 0) is 42.3 Å². The van der Waals surface area contributed by atoms with Gasteiger partial charge in [-0.2, -0.15) is 12.6 Å². The Hall–Kier alpha value is -0.470. The molecule has 1 aliphatic rings. The van der Waals surface area contributed by atoms with Crippen LogP contribution in [0.2, 0.25) is 0 Å². The lowest BCUT2D eigenvalue weighted by Gasteiger charge is -2.27. The van der Waals surface area contributed by atoms with Crippen LogP contribution in [-0.2, 0) is 13.0 Å². The fourth-order valence-corrected chi connectivity index (χ4v) is 2.32. The SMILES string of the molecule is CC(C)c1cccc2c1CCN(C)C2.CS.